The first kappa shape index (κ1) is 16.6. The third-order valence-corrected chi connectivity index (χ3v) is 3.86. The number of anilines is 1. The van der Waals surface area contributed by atoms with Crippen molar-refractivity contribution < 1.29 is 14.3 Å². The van der Waals surface area contributed by atoms with Gasteiger partial charge in [-0.1, -0.05) is 24.3 Å². The number of fused-ring (bicyclic) bond motifs is 1. The second-order valence-corrected chi connectivity index (χ2v) is 5.52. The van der Waals surface area contributed by atoms with E-state index in [0.29, 0.717) is 17.8 Å². The molecule has 0 unspecified atom stereocenters. The maximum absolute atomic E-state index is 13.4. The SMILES string of the molecule is C=CCN1C(=O)/C(=N\N=C(/C)c2cc(F)ccc2O)c2ccccc21. The number of benzene rings is 2. The van der Waals surface area contributed by atoms with Crippen LogP contribution < -0.4 is 4.90 Å². The van der Waals surface area contributed by atoms with Gasteiger partial charge in [-0.15, -0.1) is 11.7 Å². The van der Waals surface area contributed by atoms with Crippen molar-refractivity contribution in [3.63, 3.8) is 0 Å². The van der Waals surface area contributed by atoms with Gasteiger partial charge in [0.2, 0.25) is 0 Å². The minimum atomic E-state index is -0.491. The van der Waals surface area contributed by atoms with Crippen molar-refractivity contribution in [3.8, 4) is 5.75 Å². The van der Waals surface area contributed by atoms with E-state index in [9.17, 15) is 14.3 Å². The molecule has 1 heterocycles. The molecule has 1 amide bonds. The zero-order chi connectivity index (χ0) is 18.0. The number of hydrogen-bond donors (Lipinski definition) is 1. The van der Waals surface area contributed by atoms with E-state index in [0.717, 1.165) is 11.8 Å². The highest BCUT2D eigenvalue weighted by Gasteiger charge is 2.33. The van der Waals surface area contributed by atoms with Crippen molar-refractivity contribution in [1.82, 2.24) is 0 Å². The summed E-state index contributed by atoms with van der Waals surface area (Å²) < 4.78 is 13.4. The molecule has 0 fully saturated rings. The number of rotatable bonds is 4. The van der Waals surface area contributed by atoms with Gasteiger partial charge in [0.15, 0.2) is 5.71 Å². The van der Waals surface area contributed by atoms with Gasteiger partial charge in [0.05, 0.1) is 11.4 Å². The van der Waals surface area contributed by atoms with Gasteiger partial charge in [-0.3, -0.25) is 4.79 Å². The molecule has 126 valence electrons. The summed E-state index contributed by atoms with van der Waals surface area (Å²) in [4.78, 5) is 14.2. The Morgan fingerprint density at radius 1 is 1.32 bits per heavy atom. The molecule has 25 heavy (non-hydrogen) atoms. The van der Waals surface area contributed by atoms with Crippen LogP contribution in [0.25, 0.3) is 0 Å². The van der Waals surface area contributed by atoms with Crippen molar-refractivity contribution in [2.24, 2.45) is 10.2 Å². The lowest BCUT2D eigenvalue weighted by Crippen LogP contribution is -2.30. The van der Waals surface area contributed by atoms with Crippen LogP contribution in [0, 0.1) is 5.82 Å². The number of phenols is 1. The van der Waals surface area contributed by atoms with Gasteiger partial charge in [-0.25, -0.2) is 4.39 Å². The van der Waals surface area contributed by atoms with Gasteiger partial charge in [-0.05, 0) is 31.2 Å². The number of aromatic hydroxyl groups is 1. The van der Waals surface area contributed by atoms with Gasteiger partial charge in [-0.2, -0.15) is 5.10 Å². The van der Waals surface area contributed by atoms with Crippen LogP contribution in [0.2, 0.25) is 0 Å². The summed E-state index contributed by atoms with van der Waals surface area (Å²) in [5, 5.41) is 17.9. The third kappa shape index (κ3) is 3.06. The number of carbonyl (C=O) groups is 1. The van der Waals surface area contributed by atoms with Gasteiger partial charge in [0, 0.05) is 17.7 Å². The summed E-state index contributed by atoms with van der Waals surface area (Å²) >= 11 is 0. The fourth-order valence-electron chi connectivity index (χ4n) is 2.65. The molecule has 2 aromatic carbocycles. The normalized spacial score (nSPS) is 15.6. The summed E-state index contributed by atoms with van der Waals surface area (Å²) in [6.07, 6.45) is 1.64. The Morgan fingerprint density at radius 2 is 2.08 bits per heavy atom. The number of para-hydroxylation sites is 1. The van der Waals surface area contributed by atoms with Crippen molar-refractivity contribution in [1.29, 1.82) is 0 Å². The highest BCUT2D eigenvalue weighted by Crippen LogP contribution is 2.29. The Hall–Kier alpha value is -3.28. The highest BCUT2D eigenvalue weighted by molar-refractivity contribution is 6.54. The molecule has 0 spiro atoms. The number of amides is 1. The van der Waals surface area contributed by atoms with E-state index in [-0.39, 0.29) is 22.9 Å². The first-order valence-corrected chi connectivity index (χ1v) is 7.66. The largest absolute Gasteiger partial charge is 0.507 e. The smallest absolute Gasteiger partial charge is 0.279 e. The average Bonchev–Trinajstić information content (AvgIpc) is 2.87. The van der Waals surface area contributed by atoms with Crippen LogP contribution in [0.4, 0.5) is 10.1 Å². The Balaban J connectivity index is 2.02. The lowest BCUT2D eigenvalue weighted by molar-refractivity contribution is -0.112. The van der Waals surface area contributed by atoms with Gasteiger partial charge >= 0.3 is 0 Å². The number of phenolic OH excluding ortho intramolecular Hbond substituents is 1. The molecule has 0 bridgehead atoms. The van der Waals surface area contributed by atoms with E-state index >= 15 is 0 Å². The second kappa shape index (κ2) is 6.68. The van der Waals surface area contributed by atoms with Crippen LogP contribution in [0.3, 0.4) is 0 Å². The number of nitrogens with zero attached hydrogens (tertiary/aromatic N) is 3. The molecule has 0 aromatic heterocycles. The fourth-order valence-corrected chi connectivity index (χ4v) is 2.65. The molecule has 2 aromatic rings. The van der Waals surface area contributed by atoms with Crippen molar-refractivity contribution in [2.75, 3.05) is 11.4 Å². The lowest BCUT2D eigenvalue weighted by Gasteiger charge is -2.13. The minimum Gasteiger partial charge on any atom is -0.507 e. The molecule has 1 aliphatic rings. The van der Waals surface area contributed by atoms with E-state index in [1.807, 2.05) is 18.2 Å². The van der Waals surface area contributed by atoms with Gasteiger partial charge in [0.1, 0.15) is 11.6 Å². The van der Waals surface area contributed by atoms with E-state index in [4.69, 9.17) is 0 Å². The number of carbonyl (C=O) groups excluding carboxylic acids is 1. The summed E-state index contributed by atoms with van der Waals surface area (Å²) in [6.45, 7) is 5.62. The quantitative estimate of drug-likeness (QED) is 0.529. The van der Waals surface area contributed by atoms with E-state index in [2.05, 4.69) is 16.8 Å². The molecule has 0 atom stereocenters. The first-order chi connectivity index (χ1) is 12.0. The van der Waals surface area contributed by atoms with Gasteiger partial charge in [0.25, 0.3) is 5.91 Å². The summed E-state index contributed by atoms with van der Waals surface area (Å²) in [5.41, 5.74) is 2.15. The van der Waals surface area contributed by atoms with Gasteiger partial charge < -0.3 is 10.0 Å². The Kier molecular flexibility index (Phi) is 4.43. The minimum absolute atomic E-state index is 0.103. The highest BCUT2D eigenvalue weighted by atomic mass is 19.1. The predicted octanol–water partition coefficient (Wildman–Crippen LogP) is 3.28. The van der Waals surface area contributed by atoms with Crippen LogP contribution in [0.5, 0.6) is 5.75 Å². The maximum Gasteiger partial charge on any atom is 0.279 e. The second-order valence-electron chi connectivity index (χ2n) is 5.52. The third-order valence-electron chi connectivity index (χ3n) is 3.86. The summed E-state index contributed by atoms with van der Waals surface area (Å²) in [7, 11) is 0. The Labute approximate surface area is 144 Å². The topological polar surface area (TPSA) is 65.3 Å². The molecule has 5 nitrogen and oxygen atoms in total. The van der Waals surface area contributed by atoms with E-state index in [1.165, 1.54) is 12.1 Å². The predicted molar refractivity (Wildman–Crippen MR) is 95.8 cm³/mol. The molecule has 0 saturated heterocycles. The summed E-state index contributed by atoms with van der Waals surface area (Å²) in [5.74, 6) is -0.871. The summed E-state index contributed by atoms with van der Waals surface area (Å²) in [6, 6.07) is 10.8. The van der Waals surface area contributed by atoms with Crippen LogP contribution in [-0.4, -0.2) is 29.0 Å². The molecular formula is C19H16FN3O2. The fraction of sp³-hybridized carbons (Fsp3) is 0.105. The van der Waals surface area contributed by atoms with Crippen LogP contribution in [0.1, 0.15) is 18.1 Å². The van der Waals surface area contributed by atoms with Crippen molar-refractivity contribution in [3.05, 3.63) is 72.1 Å². The van der Waals surface area contributed by atoms with Crippen LogP contribution >= 0.6 is 0 Å². The molecule has 1 N–H and O–H groups in total. The average molecular weight is 337 g/mol. The van der Waals surface area contributed by atoms with E-state index in [1.54, 1.807) is 24.0 Å². The number of hydrogen-bond acceptors (Lipinski definition) is 4. The maximum atomic E-state index is 13.4. The Bertz CT molecular complexity index is 919. The van der Waals surface area contributed by atoms with Crippen LogP contribution in [0.15, 0.2) is 65.3 Å². The van der Waals surface area contributed by atoms with Crippen molar-refractivity contribution >= 4 is 23.0 Å². The molecule has 1 aliphatic heterocycles. The number of halogens is 1. The molecule has 0 aliphatic carbocycles. The molecule has 0 saturated carbocycles. The molecule has 0 radical (unpaired) electrons. The Morgan fingerprint density at radius 3 is 2.84 bits per heavy atom. The zero-order valence-corrected chi connectivity index (χ0v) is 13.6. The van der Waals surface area contributed by atoms with E-state index < -0.39 is 5.82 Å². The van der Waals surface area contributed by atoms with Crippen LogP contribution in [-0.2, 0) is 4.79 Å². The monoisotopic (exact) mass is 337 g/mol. The molecule has 3 rings (SSSR count). The lowest BCUT2D eigenvalue weighted by atomic mass is 10.1. The zero-order valence-electron chi connectivity index (χ0n) is 13.6. The van der Waals surface area contributed by atoms with Crippen molar-refractivity contribution in [2.45, 2.75) is 6.92 Å². The molecular weight excluding hydrogens is 321 g/mol. The standard InChI is InChI=1S/C19H16FN3O2/c1-3-10-23-16-7-5-4-6-14(16)18(19(23)25)22-21-12(2)15-11-13(20)8-9-17(15)24/h3-9,11,24H,1,10H2,2H3/b21-12+,22-18-. The molecule has 6 heteroatoms. The first-order valence-electron chi connectivity index (χ1n) is 7.66.